The molecule has 21 heavy (non-hydrogen) atoms. The van der Waals surface area contributed by atoms with Crippen molar-refractivity contribution in [2.75, 3.05) is 12.4 Å². The van der Waals surface area contributed by atoms with Crippen molar-refractivity contribution in [1.82, 2.24) is 0 Å². The molecule has 114 valence electrons. The lowest BCUT2D eigenvalue weighted by Crippen LogP contribution is -2.24. The predicted molar refractivity (Wildman–Crippen MR) is 80.1 cm³/mol. The van der Waals surface area contributed by atoms with Gasteiger partial charge in [-0.2, -0.15) is 0 Å². The number of anilines is 1. The largest absolute Gasteiger partial charge is 0.496 e. The average molecular weight is 312 g/mol. The van der Waals surface area contributed by atoms with Crippen LogP contribution in [-0.4, -0.2) is 24.1 Å². The molecule has 0 aromatic heterocycles. The van der Waals surface area contributed by atoms with Gasteiger partial charge in [-0.25, -0.2) is 4.79 Å². The topological polar surface area (TPSA) is 75.6 Å². The molecule has 0 heterocycles. The van der Waals surface area contributed by atoms with Crippen molar-refractivity contribution in [3.8, 4) is 5.75 Å². The van der Waals surface area contributed by atoms with Gasteiger partial charge in [0.2, 0.25) is 5.91 Å². The number of carbonyl (C=O) groups is 2. The van der Waals surface area contributed by atoms with Crippen LogP contribution in [0, 0.1) is 11.8 Å². The molecule has 2 unspecified atom stereocenters. The monoisotopic (exact) mass is 311 g/mol. The highest BCUT2D eigenvalue weighted by atomic mass is 35.5. The van der Waals surface area contributed by atoms with Crippen LogP contribution in [-0.2, 0) is 4.79 Å². The van der Waals surface area contributed by atoms with E-state index in [0.717, 1.165) is 19.3 Å². The Morgan fingerprint density at radius 2 is 2.10 bits per heavy atom. The quantitative estimate of drug-likeness (QED) is 0.893. The Labute approximate surface area is 128 Å². The maximum Gasteiger partial charge on any atom is 0.339 e. The first-order valence-electron chi connectivity index (χ1n) is 6.85. The first kappa shape index (κ1) is 15.6. The summed E-state index contributed by atoms with van der Waals surface area (Å²) in [5, 5.41) is 12.0. The molecule has 1 saturated carbocycles. The number of aromatic carboxylic acids is 1. The third-order valence-corrected chi connectivity index (χ3v) is 4.29. The van der Waals surface area contributed by atoms with Crippen molar-refractivity contribution >= 4 is 29.2 Å². The van der Waals surface area contributed by atoms with Crippen LogP contribution in [0.1, 0.15) is 36.5 Å². The fourth-order valence-corrected chi connectivity index (χ4v) is 2.96. The van der Waals surface area contributed by atoms with Crippen molar-refractivity contribution in [3.05, 3.63) is 22.7 Å². The summed E-state index contributed by atoms with van der Waals surface area (Å²) in [6.45, 7) is 2.06. The van der Waals surface area contributed by atoms with Crippen molar-refractivity contribution in [2.24, 2.45) is 11.8 Å². The fraction of sp³-hybridized carbons (Fsp3) is 0.467. The van der Waals surface area contributed by atoms with Crippen molar-refractivity contribution in [2.45, 2.75) is 26.2 Å². The van der Waals surface area contributed by atoms with Gasteiger partial charge >= 0.3 is 5.97 Å². The second kappa shape index (κ2) is 6.35. The summed E-state index contributed by atoms with van der Waals surface area (Å²) in [5.41, 5.74) is 0.345. The van der Waals surface area contributed by atoms with Gasteiger partial charge in [0, 0.05) is 12.0 Å². The van der Waals surface area contributed by atoms with Gasteiger partial charge in [0.25, 0.3) is 0 Å². The Kier molecular flexibility index (Phi) is 4.73. The van der Waals surface area contributed by atoms with E-state index in [1.165, 1.54) is 19.2 Å². The zero-order valence-corrected chi connectivity index (χ0v) is 12.7. The molecule has 2 rings (SSSR count). The van der Waals surface area contributed by atoms with E-state index in [4.69, 9.17) is 21.4 Å². The molecule has 0 aliphatic heterocycles. The maximum atomic E-state index is 12.3. The molecule has 1 aromatic carbocycles. The van der Waals surface area contributed by atoms with E-state index in [0.29, 0.717) is 11.6 Å². The van der Waals surface area contributed by atoms with E-state index in [-0.39, 0.29) is 28.2 Å². The third kappa shape index (κ3) is 3.29. The summed E-state index contributed by atoms with van der Waals surface area (Å²) >= 11 is 6.06. The lowest BCUT2D eigenvalue weighted by Gasteiger charge is -2.17. The number of hydrogen-bond acceptors (Lipinski definition) is 3. The molecule has 0 saturated heterocycles. The van der Waals surface area contributed by atoms with Gasteiger partial charge in [0.05, 0.1) is 17.8 Å². The number of rotatable bonds is 4. The Balaban J connectivity index is 2.24. The Morgan fingerprint density at radius 3 is 2.62 bits per heavy atom. The highest BCUT2D eigenvalue weighted by molar-refractivity contribution is 6.34. The lowest BCUT2D eigenvalue weighted by atomic mass is 9.97. The molecular weight excluding hydrogens is 294 g/mol. The van der Waals surface area contributed by atoms with Crippen molar-refractivity contribution < 1.29 is 19.4 Å². The first-order valence-corrected chi connectivity index (χ1v) is 7.23. The number of halogens is 1. The number of amides is 1. The maximum absolute atomic E-state index is 12.3. The van der Waals surface area contributed by atoms with Gasteiger partial charge in [-0.05, 0) is 24.8 Å². The Morgan fingerprint density at radius 1 is 1.38 bits per heavy atom. The van der Waals surface area contributed by atoms with Gasteiger partial charge in [0.15, 0.2) is 0 Å². The summed E-state index contributed by atoms with van der Waals surface area (Å²) < 4.78 is 5.04. The minimum absolute atomic E-state index is 0.0220. The molecule has 2 N–H and O–H groups in total. The molecule has 0 spiro atoms. The molecule has 0 radical (unpaired) electrons. The molecule has 0 bridgehead atoms. The van der Waals surface area contributed by atoms with E-state index in [9.17, 15) is 9.59 Å². The van der Waals surface area contributed by atoms with Crippen LogP contribution < -0.4 is 10.1 Å². The van der Waals surface area contributed by atoms with Crippen LogP contribution in [0.5, 0.6) is 5.75 Å². The standard InChI is InChI=1S/C15H18ClNO4/c1-8-4-3-5-9(8)14(18)17-12-7-13(21-2)10(15(19)20)6-11(12)16/h6-9H,3-5H2,1-2H3,(H,17,18)(H,19,20). The van der Waals surface area contributed by atoms with E-state index < -0.39 is 5.97 Å². The molecule has 5 nitrogen and oxygen atoms in total. The SMILES string of the molecule is COc1cc(NC(=O)C2CCCC2C)c(Cl)cc1C(=O)O. The summed E-state index contributed by atoms with van der Waals surface area (Å²) in [4.78, 5) is 23.4. The van der Waals surface area contributed by atoms with Crippen LogP contribution in [0.25, 0.3) is 0 Å². The zero-order valence-electron chi connectivity index (χ0n) is 12.0. The van der Waals surface area contributed by atoms with Crippen molar-refractivity contribution in [1.29, 1.82) is 0 Å². The second-order valence-corrected chi connectivity index (χ2v) is 5.75. The predicted octanol–water partition coefficient (Wildman–Crippen LogP) is 3.42. The minimum Gasteiger partial charge on any atom is -0.496 e. The van der Waals surface area contributed by atoms with Gasteiger partial charge in [-0.1, -0.05) is 24.9 Å². The van der Waals surface area contributed by atoms with Crippen LogP contribution >= 0.6 is 11.6 Å². The number of carboxylic acid groups (broad SMARTS) is 1. The smallest absolute Gasteiger partial charge is 0.339 e. The van der Waals surface area contributed by atoms with E-state index in [1.807, 2.05) is 0 Å². The average Bonchev–Trinajstić information content (AvgIpc) is 2.86. The van der Waals surface area contributed by atoms with Crippen molar-refractivity contribution in [3.63, 3.8) is 0 Å². The van der Waals surface area contributed by atoms with Crippen LogP contribution in [0.15, 0.2) is 12.1 Å². The molecule has 1 aliphatic rings. The molecule has 1 fully saturated rings. The Bertz CT molecular complexity index is 573. The Hall–Kier alpha value is -1.75. The molecule has 1 amide bonds. The summed E-state index contributed by atoms with van der Waals surface area (Å²) in [6, 6.07) is 2.74. The summed E-state index contributed by atoms with van der Waals surface area (Å²) in [7, 11) is 1.38. The summed E-state index contributed by atoms with van der Waals surface area (Å²) in [5.74, 6) is -0.708. The molecule has 1 aromatic rings. The minimum atomic E-state index is -1.13. The lowest BCUT2D eigenvalue weighted by molar-refractivity contribution is -0.120. The molecule has 1 aliphatic carbocycles. The number of methoxy groups -OCH3 is 1. The zero-order chi connectivity index (χ0) is 15.6. The van der Waals surface area contributed by atoms with Crippen LogP contribution in [0.3, 0.4) is 0 Å². The van der Waals surface area contributed by atoms with Gasteiger partial charge in [-0.3, -0.25) is 4.79 Å². The van der Waals surface area contributed by atoms with Gasteiger partial charge < -0.3 is 15.2 Å². The number of nitrogens with one attached hydrogen (secondary N) is 1. The van der Waals surface area contributed by atoms with E-state index in [1.54, 1.807) is 0 Å². The second-order valence-electron chi connectivity index (χ2n) is 5.34. The third-order valence-electron chi connectivity index (χ3n) is 3.98. The van der Waals surface area contributed by atoms with Gasteiger partial charge in [-0.15, -0.1) is 0 Å². The van der Waals surface area contributed by atoms with E-state index >= 15 is 0 Å². The first-order chi connectivity index (χ1) is 9.93. The number of carbonyl (C=O) groups excluding carboxylic acids is 1. The number of benzene rings is 1. The number of carboxylic acids is 1. The summed E-state index contributed by atoms with van der Waals surface area (Å²) in [6.07, 6.45) is 2.97. The number of ether oxygens (including phenoxy) is 1. The normalized spacial score (nSPS) is 21.1. The van der Waals surface area contributed by atoms with Gasteiger partial charge in [0.1, 0.15) is 11.3 Å². The highest BCUT2D eigenvalue weighted by Gasteiger charge is 2.30. The number of hydrogen-bond donors (Lipinski definition) is 2. The molecule has 6 heteroatoms. The molecule has 2 atom stereocenters. The van der Waals surface area contributed by atoms with E-state index in [2.05, 4.69) is 12.2 Å². The molecular formula is C15H18ClNO4. The van der Waals surface area contributed by atoms with Crippen LogP contribution in [0.4, 0.5) is 5.69 Å². The highest BCUT2D eigenvalue weighted by Crippen LogP contribution is 2.35. The van der Waals surface area contributed by atoms with Crippen LogP contribution in [0.2, 0.25) is 5.02 Å². The fourth-order valence-electron chi connectivity index (χ4n) is 2.75.